The predicted octanol–water partition coefficient (Wildman–Crippen LogP) is 0.668. The smallest absolute Gasteiger partial charge is 0.308 e. The van der Waals surface area contributed by atoms with Crippen LogP contribution in [0.3, 0.4) is 0 Å². The highest BCUT2D eigenvalue weighted by atomic mass is 31.2. The molecule has 0 bridgehead atoms. The lowest BCUT2D eigenvalue weighted by Gasteiger charge is -2.20. The molecule has 1 heterocycles. The Morgan fingerprint density at radius 3 is 2.20 bits per heavy atom. The van der Waals surface area contributed by atoms with E-state index in [9.17, 15) is 14.2 Å². The minimum absolute atomic E-state index is 0.129. The van der Waals surface area contributed by atoms with Crippen molar-refractivity contribution < 1.29 is 23.2 Å². The van der Waals surface area contributed by atoms with Crippen LogP contribution in [0.15, 0.2) is 0 Å². The maximum Gasteiger partial charge on any atom is 0.343 e. The van der Waals surface area contributed by atoms with Gasteiger partial charge in [-0.1, -0.05) is 0 Å². The number of amides is 2. The van der Waals surface area contributed by atoms with Crippen molar-refractivity contribution in [3.8, 4) is 0 Å². The molecule has 1 rings (SSSR count). The molecule has 1 fully saturated rings. The average molecular weight is 235 g/mol. The minimum atomic E-state index is -3.49. The first-order chi connectivity index (χ1) is 7.03. The van der Waals surface area contributed by atoms with Crippen molar-refractivity contribution in [2.75, 3.05) is 13.2 Å². The van der Waals surface area contributed by atoms with Crippen LogP contribution >= 0.6 is 7.60 Å². The largest absolute Gasteiger partial charge is 0.343 e. The van der Waals surface area contributed by atoms with Crippen LogP contribution in [0, 0.1) is 0 Å². The molecule has 7 heteroatoms. The summed E-state index contributed by atoms with van der Waals surface area (Å²) in [6.45, 7) is 3.66. The Bertz CT molecular complexity index is 306. The first-order valence-corrected chi connectivity index (χ1v) is 6.37. The summed E-state index contributed by atoms with van der Waals surface area (Å²) in [6, 6.07) is 0. The summed E-state index contributed by atoms with van der Waals surface area (Å²) in [5, 5.41) is 2.08. The standard InChI is InChI=1S/C8H14NO5P/c1-3-13-15(12,14-4-2)6-5-7(10)9-8(6)11/h6H,3-5H2,1-2H3,(H,9,10,11). The monoisotopic (exact) mass is 235 g/mol. The molecule has 0 spiro atoms. The van der Waals surface area contributed by atoms with Gasteiger partial charge in [-0.25, -0.2) is 0 Å². The highest BCUT2D eigenvalue weighted by molar-refractivity contribution is 7.55. The summed E-state index contributed by atoms with van der Waals surface area (Å²) in [5.41, 5.74) is -0.995. The molecular weight excluding hydrogens is 221 g/mol. The van der Waals surface area contributed by atoms with E-state index < -0.39 is 25.1 Å². The van der Waals surface area contributed by atoms with Crippen LogP contribution in [0.5, 0.6) is 0 Å². The molecule has 0 aliphatic carbocycles. The molecule has 2 amide bonds. The fraction of sp³-hybridized carbons (Fsp3) is 0.750. The lowest BCUT2D eigenvalue weighted by Crippen LogP contribution is -2.26. The van der Waals surface area contributed by atoms with E-state index in [1.807, 2.05) is 0 Å². The molecule has 0 radical (unpaired) electrons. The van der Waals surface area contributed by atoms with Crippen LogP contribution in [-0.4, -0.2) is 30.7 Å². The zero-order valence-corrected chi connectivity index (χ0v) is 9.58. The number of hydrogen-bond donors (Lipinski definition) is 1. The molecule has 1 atom stereocenters. The highest BCUT2D eigenvalue weighted by Crippen LogP contribution is 2.55. The van der Waals surface area contributed by atoms with Crippen LogP contribution in [0.25, 0.3) is 0 Å². The molecule has 1 N–H and O–H groups in total. The number of carbonyl (C=O) groups is 2. The second-order valence-corrected chi connectivity index (χ2v) is 5.23. The van der Waals surface area contributed by atoms with E-state index >= 15 is 0 Å². The van der Waals surface area contributed by atoms with Gasteiger partial charge in [0, 0.05) is 0 Å². The quantitative estimate of drug-likeness (QED) is 0.559. The van der Waals surface area contributed by atoms with Gasteiger partial charge in [-0.3, -0.25) is 19.5 Å². The zero-order valence-electron chi connectivity index (χ0n) is 8.69. The number of hydrogen-bond acceptors (Lipinski definition) is 5. The minimum Gasteiger partial charge on any atom is -0.308 e. The van der Waals surface area contributed by atoms with Gasteiger partial charge in [0.15, 0.2) is 0 Å². The first kappa shape index (κ1) is 12.4. The highest BCUT2D eigenvalue weighted by Gasteiger charge is 2.46. The van der Waals surface area contributed by atoms with E-state index in [0.29, 0.717) is 0 Å². The van der Waals surface area contributed by atoms with Crippen molar-refractivity contribution in [3.63, 3.8) is 0 Å². The number of imide groups is 1. The zero-order chi connectivity index (χ0) is 11.5. The van der Waals surface area contributed by atoms with Gasteiger partial charge in [-0.05, 0) is 13.8 Å². The van der Waals surface area contributed by atoms with Gasteiger partial charge in [-0.2, -0.15) is 0 Å². The SMILES string of the molecule is CCOP(=O)(OCC)C1CC(=O)NC1=O. The lowest BCUT2D eigenvalue weighted by atomic mass is 10.4. The second kappa shape index (κ2) is 4.88. The van der Waals surface area contributed by atoms with E-state index in [1.165, 1.54) is 0 Å². The van der Waals surface area contributed by atoms with Crippen molar-refractivity contribution in [2.24, 2.45) is 0 Å². The fourth-order valence-corrected chi connectivity index (χ4v) is 3.27. The Hall–Kier alpha value is -0.710. The van der Waals surface area contributed by atoms with Gasteiger partial charge >= 0.3 is 7.60 Å². The molecule has 86 valence electrons. The average Bonchev–Trinajstić information content (AvgIpc) is 2.46. The molecule has 0 aromatic rings. The van der Waals surface area contributed by atoms with Gasteiger partial charge in [-0.15, -0.1) is 0 Å². The Kier molecular flexibility index (Phi) is 4.02. The molecule has 1 aliphatic heterocycles. The Morgan fingerprint density at radius 2 is 1.87 bits per heavy atom. The summed E-state index contributed by atoms with van der Waals surface area (Å²) >= 11 is 0. The van der Waals surface area contributed by atoms with Gasteiger partial charge in [0.1, 0.15) is 5.66 Å². The summed E-state index contributed by atoms with van der Waals surface area (Å²) in [6.07, 6.45) is -0.129. The van der Waals surface area contributed by atoms with Crippen LogP contribution in [-0.2, 0) is 23.2 Å². The number of rotatable bonds is 5. The van der Waals surface area contributed by atoms with E-state index in [2.05, 4.69) is 5.32 Å². The Balaban J connectivity index is 2.84. The third-order valence-corrected chi connectivity index (χ3v) is 4.36. The van der Waals surface area contributed by atoms with Crippen molar-refractivity contribution in [1.29, 1.82) is 0 Å². The summed E-state index contributed by atoms with van der Waals surface area (Å²) in [4.78, 5) is 22.3. The summed E-state index contributed by atoms with van der Waals surface area (Å²) in [7, 11) is -3.49. The van der Waals surface area contributed by atoms with Crippen molar-refractivity contribution in [3.05, 3.63) is 0 Å². The number of nitrogens with one attached hydrogen (secondary N) is 1. The summed E-state index contributed by atoms with van der Waals surface area (Å²) < 4.78 is 22.1. The molecule has 0 aromatic carbocycles. The Labute approximate surface area is 87.9 Å². The van der Waals surface area contributed by atoms with Gasteiger partial charge < -0.3 is 9.05 Å². The number of carbonyl (C=O) groups excluding carboxylic acids is 2. The van der Waals surface area contributed by atoms with E-state index in [0.717, 1.165) is 0 Å². The molecular formula is C8H14NO5P. The predicted molar refractivity (Wildman–Crippen MR) is 52.4 cm³/mol. The van der Waals surface area contributed by atoms with E-state index in [1.54, 1.807) is 13.8 Å². The van der Waals surface area contributed by atoms with Crippen molar-refractivity contribution in [2.45, 2.75) is 25.9 Å². The fourth-order valence-electron chi connectivity index (χ4n) is 1.37. The van der Waals surface area contributed by atoms with Gasteiger partial charge in [0.2, 0.25) is 11.8 Å². The molecule has 15 heavy (non-hydrogen) atoms. The topological polar surface area (TPSA) is 81.7 Å². The van der Waals surface area contributed by atoms with Crippen molar-refractivity contribution in [1.82, 2.24) is 5.32 Å². The van der Waals surface area contributed by atoms with E-state index in [4.69, 9.17) is 9.05 Å². The first-order valence-electron chi connectivity index (χ1n) is 4.76. The molecule has 0 saturated carbocycles. The second-order valence-electron chi connectivity index (χ2n) is 3.01. The lowest BCUT2D eigenvalue weighted by molar-refractivity contribution is -0.124. The molecule has 0 aromatic heterocycles. The van der Waals surface area contributed by atoms with Gasteiger partial charge in [0.05, 0.1) is 19.6 Å². The third-order valence-electron chi connectivity index (χ3n) is 1.94. The maximum atomic E-state index is 12.1. The molecule has 6 nitrogen and oxygen atoms in total. The van der Waals surface area contributed by atoms with Crippen LogP contribution in [0.1, 0.15) is 20.3 Å². The van der Waals surface area contributed by atoms with Crippen LogP contribution in [0.4, 0.5) is 0 Å². The molecule has 1 unspecified atom stereocenters. The normalized spacial score (nSPS) is 21.9. The van der Waals surface area contributed by atoms with E-state index in [-0.39, 0.29) is 19.6 Å². The maximum absolute atomic E-state index is 12.1. The molecule has 1 saturated heterocycles. The van der Waals surface area contributed by atoms with Crippen LogP contribution in [0.2, 0.25) is 0 Å². The summed E-state index contributed by atoms with van der Waals surface area (Å²) in [5.74, 6) is -1.02. The molecule has 1 aliphatic rings. The van der Waals surface area contributed by atoms with Gasteiger partial charge in [0.25, 0.3) is 0 Å². The van der Waals surface area contributed by atoms with Crippen molar-refractivity contribution >= 4 is 19.4 Å². The Morgan fingerprint density at radius 1 is 1.33 bits per heavy atom. The third kappa shape index (κ3) is 2.65. The van der Waals surface area contributed by atoms with Crippen LogP contribution < -0.4 is 5.32 Å².